The normalized spacial score (nSPS) is 14.9. The Bertz CT molecular complexity index is 338. The monoisotopic (exact) mass is 206 g/mol. The molecule has 1 aliphatic rings. The van der Waals surface area contributed by atoms with Crippen LogP contribution in [0.4, 0.5) is 0 Å². The summed E-state index contributed by atoms with van der Waals surface area (Å²) < 4.78 is 5.57. The van der Waals surface area contributed by atoms with Gasteiger partial charge in [0.15, 0.2) is 0 Å². The Labute approximate surface area is 90.8 Å². The lowest BCUT2D eigenvalue weighted by atomic mass is 10.0. The van der Waals surface area contributed by atoms with Crippen molar-refractivity contribution in [2.45, 2.75) is 19.4 Å². The molecule has 2 rings (SSSR count). The lowest BCUT2D eigenvalue weighted by molar-refractivity contribution is 0.287. The zero-order chi connectivity index (χ0) is 10.7. The zero-order valence-corrected chi connectivity index (χ0v) is 9.20. The molecule has 0 radical (unpaired) electrons. The maximum atomic E-state index is 5.57. The first kappa shape index (κ1) is 10.5. The molecule has 2 N–H and O–H groups in total. The number of ether oxygens (including phenoxy) is 1. The van der Waals surface area contributed by atoms with E-state index in [2.05, 4.69) is 23.1 Å². The van der Waals surface area contributed by atoms with Crippen LogP contribution in [0.25, 0.3) is 0 Å². The van der Waals surface area contributed by atoms with Gasteiger partial charge >= 0.3 is 0 Å². The molecule has 82 valence electrons. The van der Waals surface area contributed by atoms with Crippen molar-refractivity contribution in [1.29, 1.82) is 0 Å². The quantitative estimate of drug-likeness (QED) is 0.759. The highest BCUT2D eigenvalue weighted by Crippen LogP contribution is 2.25. The summed E-state index contributed by atoms with van der Waals surface area (Å²) in [4.78, 5) is 2.09. The van der Waals surface area contributed by atoms with Gasteiger partial charge in [0.2, 0.25) is 0 Å². The molecule has 1 aromatic rings. The van der Waals surface area contributed by atoms with Crippen LogP contribution in [0.15, 0.2) is 18.2 Å². The maximum absolute atomic E-state index is 5.57. The summed E-state index contributed by atoms with van der Waals surface area (Å²) in [6.45, 7) is 2.35. The van der Waals surface area contributed by atoms with Gasteiger partial charge in [-0.15, -0.1) is 0 Å². The van der Waals surface area contributed by atoms with Gasteiger partial charge in [-0.05, 0) is 37.1 Å². The molecule has 1 aromatic carbocycles. The van der Waals surface area contributed by atoms with Gasteiger partial charge in [-0.3, -0.25) is 4.90 Å². The second-order valence-corrected chi connectivity index (χ2v) is 4.09. The Balaban J connectivity index is 2.13. The summed E-state index contributed by atoms with van der Waals surface area (Å²) >= 11 is 0. The number of nitrogens with zero attached hydrogens (tertiary/aromatic N) is 1. The van der Waals surface area contributed by atoms with Crippen molar-refractivity contribution in [3.05, 3.63) is 29.3 Å². The van der Waals surface area contributed by atoms with Crippen molar-refractivity contribution in [3.63, 3.8) is 0 Å². The maximum Gasteiger partial charge on any atom is 0.122 e. The van der Waals surface area contributed by atoms with E-state index in [0.717, 1.165) is 31.7 Å². The van der Waals surface area contributed by atoms with Crippen molar-refractivity contribution >= 4 is 0 Å². The Morgan fingerprint density at radius 1 is 1.47 bits per heavy atom. The molecule has 0 aromatic heterocycles. The van der Waals surface area contributed by atoms with Crippen molar-refractivity contribution in [1.82, 2.24) is 4.90 Å². The van der Waals surface area contributed by atoms with Gasteiger partial charge in [-0.1, -0.05) is 12.1 Å². The second-order valence-electron chi connectivity index (χ2n) is 4.09. The summed E-state index contributed by atoms with van der Waals surface area (Å²) in [6.07, 6.45) is 2.26. The number of nitrogens with two attached hydrogens (primary N) is 1. The topological polar surface area (TPSA) is 38.5 Å². The van der Waals surface area contributed by atoms with E-state index in [-0.39, 0.29) is 0 Å². The van der Waals surface area contributed by atoms with E-state index in [1.165, 1.54) is 11.1 Å². The van der Waals surface area contributed by atoms with Gasteiger partial charge in [0.25, 0.3) is 0 Å². The third-order valence-corrected chi connectivity index (χ3v) is 2.74. The lowest BCUT2D eigenvalue weighted by Gasteiger charge is -2.19. The van der Waals surface area contributed by atoms with E-state index in [9.17, 15) is 0 Å². The van der Waals surface area contributed by atoms with Crippen LogP contribution in [0.5, 0.6) is 5.75 Å². The van der Waals surface area contributed by atoms with Gasteiger partial charge in [0, 0.05) is 13.2 Å². The Hall–Kier alpha value is -1.06. The van der Waals surface area contributed by atoms with Gasteiger partial charge in [0.1, 0.15) is 5.75 Å². The van der Waals surface area contributed by atoms with Crippen LogP contribution in [0.3, 0.4) is 0 Å². The van der Waals surface area contributed by atoms with E-state index in [1.807, 2.05) is 7.05 Å². The Kier molecular flexibility index (Phi) is 3.23. The van der Waals surface area contributed by atoms with E-state index in [4.69, 9.17) is 10.5 Å². The third kappa shape index (κ3) is 2.49. The molecule has 15 heavy (non-hydrogen) atoms. The number of aryl methyl sites for hydroxylation is 1. The van der Waals surface area contributed by atoms with Crippen LogP contribution in [-0.2, 0) is 13.0 Å². The van der Waals surface area contributed by atoms with Crippen LogP contribution >= 0.6 is 0 Å². The molecule has 3 nitrogen and oxygen atoms in total. The van der Waals surface area contributed by atoms with Gasteiger partial charge in [-0.25, -0.2) is 0 Å². The fourth-order valence-electron chi connectivity index (χ4n) is 1.89. The Morgan fingerprint density at radius 2 is 2.33 bits per heavy atom. The second kappa shape index (κ2) is 4.64. The van der Waals surface area contributed by atoms with Crippen LogP contribution in [0, 0.1) is 0 Å². The molecule has 0 fully saturated rings. The molecule has 0 spiro atoms. The van der Waals surface area contributed by atoms with E-state index >= 15 is 0 Å². The molecule has 3 heteroatoms. The SMILES string of the molecule is CN(CN)Cc1ccc2c(c1)CCCO2. The lowest BCUT2D eigenvalue weighted by Crippen LogP contribution is -2.25. The van der Waals surface area contributed by atoms with Gasteiger partial charge in [-0.2, -0.15) is 0 Å². The number of hydrogen-bond donors (Lipinski definition) is 1. The van der Waals surface area contributed by atoms with Gasteiger partial charge in [0.05, 0.1) is 6.61 Å². The fraction of sp³-hybridized carbons (Fsp3) is 0.500. The molecule has 0 bridgehead atoms. The molecule has 0 amide bonds. The average Bonchev–Trinajstić information content (AvgIpc) is 2.29. The molecule has 0 saturated carbocycles. The van der Waals surface area contributed by atoms with Crippen molar-refractivity contribution < 1.29 is 4.74 Å². The molecular weight excluding hydrogens is 188 g/mol. The van der Waals surface area contributed by atoms with E-state index in [0.29, 0.717) is 6.67 Å². The smallest absolute Gasteiger partial charge is 0.122 e. The van der Waals surface area contributed by atoms with Crippen LogP contribution in [0.2, 0.25) is 0 Å². The number of rotatable bonds is 3. The minimum Gasteiger partial charge on any atom is -0.493 e. The van der Waals surface area contributed by atoms with Crippen LogP contribution < -0.4 is 10.5 Å². The largest absolute Gasteiger partial charge is 0.493 e. The molecule has 1 aliphatic heterocycles. The highest BCUT2D eigenvalue weighted by Gasteiger charge is 2.10. The predicted octanol–water partition coefficient (Wildman–Crippen LogP) is 1.36. The van der Waals surface area contributed by atoms with Crippen LogP contribution in [-0.4, -0.2) is 25.2 Å². The molecule has 0 atom stereocenters. The zero-order valence-electron chi connectivity index (χ0n) is 9.20. The summed E-state index contributed by atoms with van der Waals surface area (Å²) in [6, 6.07) is 6.44. The number of fused-ring (bicyclic) bond motifs is 1. The Morgan fingerprint density at radius 3 is 3.13 bits per heavy atom. The molecular formula is C12H18N2O. The number of benzene rings is 1. The number of hydrogen-bond acceptors (Lipinski definition) is 3. The highest BCUT2D eigenvalue weighted by molar-refractivity contribution is 5.38. The predicted molar refractivity (Wildman–Crippen MR) is 60.8 cm³/mol. The first-order valence-electron chi connectivity index (χ1n) is 5.43. The molecule has 0 saturated heterocycles. The van der Waals surface area contributed by atoms with Crippen molar-refractivity contribution in [2.24, 2.45) is 5.73 Å². The summed E-state index contributed by atoms with van der Waals surface area (Å²) in [5, 5.41) is 0. The molecule has 0 unspecified atom stereocenters. The van der Waals surface area contributed by atoms with Crippen molar-refractivity contribution in [2.75, 3.05) is 20.3 Å². The fourth-order valence-corrected chi connectivity index (χ4v) is 1.89. The standard InChI is InChI=1S/C12H18N2O/c1-14(9-13)8-10-4-5-12-11(7-10)3-2-6-15-12/h4-5,7H,2-3,6,8-9,13H2,1H3. The molecule has 0 aliphatic carbocycles. The van der Waals surface area contributed by atoms with Gasteiger partial charge < -0.3 is 10.5 Å². The highest BCUT2D eigenvalue weighted by atomic mass is 16.5. The summed E-state index contributed by atoms with van der Waals surface area (Å²) in [7, 11) is 2.02. The third-order valence-electron chi connectivity index (χ3n) is 2.74. The molecule has 1 heterocycles. The summed E-state index contributed by atoms with van der Waals surface area (Å²) in [5.74, 6) is 1.06. The van der Waals surface area contributed by atoms with Crippen LogP contribution in [0.1, 0.15) is 17.5 Å². The average molecular weight is 206 g/mol. The first-order valence-corrected chi connectivity index (χ1v) is 5.43. The minimum absolute atomic E-state index is 0.591. The first-order chi connectivity index (χ1) is 7.29. The van der Waals surface area contributed by atoms with E-state index < -0.39 is 0 Å². The summed E-state index contributed by atoms with van der Waals surface area (Å²) in [5.41, 5.74) is 8.21. The minimum atomic E-state index is 0.591. The van der Waals surface area contributed by atoms with E-state index in [1.54, 1.807) is 0 Å². The van der Waals surface area contributed by atoms with Crippen molar-refractivity contribution in [3.8, 4) is 5.75 Å².